The fraction of sp³-hybridized carbons (Fsp3) is 0.278. The van der Waals surface area contributed by atoms with Gasteiger partial charge < -0.3 is 15.7 Å². The van der Waals surface area contributed by atoms with Crippen molar-refractivity contribution in [2.24, 2.45) is 4.99 Å². The van der Waals surface area contributed by atoms with Crippen molar-refractivity contribution in [1.82, 2.24) is 10.6 Å². The number of hydrogen-bond donors (Lipinski definition) is 3. The molecule has 2 rings (SSSR count). The molecule has 0 amide bonds. The Morgan fingerprint density at radius 2 is 1.65 bits per heavy atom. The van der Waals surface area contributed by atoms with Crippen LogP contribution >= 0.6 is 11.6 Å². The highest BCUT2D eigenvalue weighted by atomic mass is 35.5. The molecule has 122 valence electrons. The lowest BCUT2D eigenvalue weighted by Crippen LogP contribution is -2.37. The van der Waals surface area contributed by atoms with Crippen molar-refractivity contribution in [3.8, 4) is 5.75 Å². The topological polar surface area (TPSA) is 56.7 Å². The number of halogens is 1. The van der Waals surface area contributed by atoms with Crippen LogP contribution in [0.25, 0.3) is 0 Å². The van der Waals surface area contributed by atoms with Gasteiger partial charge in [-0.15, -0.1) is 0 Å². The SMILES string of the molecule is CN=C(NCCCc1ccc(O)cc1)NCc1ccc(Cl)cc1. The number of aliphatic imine (C=N–C) groups is 1. The molecule has 0 aliphatic rings. The Balaban J connectivity index is 1.68. The van der Waals surface area contributed by atoms with Gasteiger partial charge in [-0.25, -0.2) is 0 Å². The molecule has 0 spiro atoms. The lowest BCUT2D eigenvalue weighted by atomic mass is 10.1. The molecule has 3 N–H and O–H groups in total. The largest absolute Gasteiger partial charge is 0.508 e. The van der Waals surface area contributed by atoms with Crippen molar-refractivity contribution in [1.29, 1.82) is 0 Å². The van der Waals surface area contributed by atoms with Gasteiger partial charge in [-0.2, -0.15) is 0 Å². The van der Waals surface area contributed by atoms with Gasteiger partial charge in [0.25, 0.3) is 0 Å². The van der Waals surface area contributed by atoms with Gasteiger partial charge >= 0.3 is 0 Å². The zero-order valence-corrected chi connectivity index (χ0v) is 14.0. The van der Waals surface area contributed by atoms with Gasteiger partial charge in [0.15, 0.2) is 5.96 Å². The van der Waals surface area contributed by atoms with E-state index in [1.165, 1.54) is 5.56 Å². The molecule has 0 atom stereocenters. The van der Waals surface area contributed by atoms with Crippen LogP contribution in [0.1, 0.15) is 17.5 Å². The lowest BCUT2D eigenvalue weighted by Gasteiger charge is -2.12. The summed E-state index contributed by atoms with van der Waals surface area (Å²) in [7, 11) is 1.76. The van der Waals surface area contributed by atoms with Crippen LogP contribution in [0, 0.1) is 0 Å². The number of phenolic OH excluding ortho intramolecular Hbond substituents is 1. The van der Waals surface area contributed by atoms with E-state index in [1.54, 1.807) is 19.2 Å². The molecule has 2 aromatic rings. The van der Waals surface area contributed by atoms with Crippen LogP contribution in [-0.4, -0.2) is 24.7 Å². The van der Waals surface area contributed by atoms with Crippen molar-refractivity contribution in [2.75, 3.05) is 13.6 Å². The predicted molar refractivity (Wildman–Crippen MR) is 96.1 cm³/mol. The summed E-state index contributed by atoms with van der Waals surface area (Å²) in [4.78, 5) is 4.21. The molecule has 0 aliphatic carbocycles. The van der Waals surface area contributed by atoms with E-state index in [0.29, 0.717) is 12.3 Å². The quantitative estimate of drug-likeness (QED) is 0.432. The van der Waals surface area contributed by atoms with E-state index >= 15 is 0 Å². The van der Waals surface area contributed by atoms with Crippen LogP contribution in [-0.2, 0) is 13.0 Å². The molecule has 0 saturated carbocycles. The molecule has 0 radical (unpaired) electrons. The number of benzene rings is 2. The third-order valence-electron chi connectivity index (χ3n) is 3.47. The zero-order valence-electron chi connectivity index (χ0n) is 13.2. The third-order valence-corrected chi connectivity index (χ3v) is 3.72. The van der Waals surface area contributed by atoms with Crippen LogP contribution in [0.2, 0.25) is 5.02 Å². The van der Waals surface area contributed by atoms with Crippen LogP contribution in [0.15, 0.2) is 53.5 Å². The Morgan fingerprint density at radius 3 is 2.30 bits per heavy atom. The first-order chi connectivity index (χ1) is 11.2. The Morgan fingerprint density at radius 1 is 1.00 bits per heavy atom. The molecule has 0 aromatic heterocycles. The molecule has 23 heavy (non-hydrogen) atoms. The molecule has 2 aromatic carbocycles. The lowest BCUT2D eigenvalue weighted by molar-refractivity contribution is 0.475. The summed E-state index contributed by atoms with van der Waals surface area (Å²) < 4.78 is 0. The summed E-state index contributed by atoms with van der Waals surface area (Å²) in [6.45, 7) is 1.54. The second-order valence-electron chi connectivity index (χ2n) is 5.25. The van der Waals surface area contributed by atoms with E-state index in [4.69, 9.17) is 11.6 Å². The number of phenols is 1. The van der Waals surface area contributed by atoms with Gasteiger partial charge in [0.1, 0.15) is 5.75 Å². The van der Waals surface area contributed by atoms with Crippen molar-refractivity contribution < 1.29 is 5.11 Å². The summed E-state index contributed by atoms with van der Waals surface area (Å²) >= 11 is 5.87. The first-order valence-corrected chi connectivity index (χ1v) is 8.02. The number of aromatic hydroxyl groups is 1. The van der Waals surface area contributed by atoms with E-state index in [1.807, 2.05) is 36.4 Å². The minimum atomic E-state index is 0.304. The monoisotopic (exact) mass is 331 g/mol. The molecule has 0 fully saturated rings. The highest BCUT2D eigenvalue weighted by Gasteiger charge is 1.99. The van der Waals surface area contributed by atoms with Crippen molar-refractivity contribution in [3.05, 3.63) is 64.7 Å². The Hall–Kier alpha value is -2.20. The van der Waals surface area contributed by atoms with E-state index in [0.717, 1.165) is 35.9 Å². The minimum absolute atomic E-state index is 0.304. The van der Waals surface area contributed by atoms with Crippen molar-refractivity contribution in [2.45, 2.75) is 19.4 Å². The number of nitrogens with zero attached hydrogens (tertiary/aromatic N) is 1. The number of hydrogen-bond acceptors (Lipinski definition) is 2. The van der Waals surface area contributed by atoms with E-state index < -0.39 is 0 Å². The first kappa shape index (κ1) is 17.2. The molecule has 0 unspecified atom stereocenters. The van der Waals surface area contributed by atoms with Crippen LogP contribution in [0.3, 0.4) is 0 Å². The van der Waals surface area contributed by atoms with Crippen molar-refractivity contribution in [3.63, 3.8) is 0 Å². The fourth-order valence-corrected chi connectivity index (χ4v) is 2.30. The highest BCUT2D eigenvalue weighted by molar-refractivity contribution is 6.30. The summed E-state index contributed by atoms with van der Waals surface area (Å²) in [5.74, 6) is 1.09. The molecule has 0 aliphatic heterocycles. The summed E-state index contributed by atoms with van der Waals surface area (Å²) in [6, 6.07) is 15.1. The van der Waals surface area contributed by atoms with Crippen LogP contribution in [0.5, 0.6) is 5.75 Å². The molecular formula is C18H22ClN3O. The third kappa shape index (κ3) is 6.20. The van der Waals surface area contributed by atoms with E-state index in [9.17, 15) is 5.11 Å². The predicted octanol–water partition coefficient (Wildman–Crippen LogP) is 3.34. The summed E-state index contributed by atoms with van der Waals surface area (Å²) in [5, 5.41) is 16.6. The Kier molecular flexibility index (Phi) is 6.76. The molecule has 4 nitrogen and oxygen atoms in total. The Labute approximate surface area is 142 Å². The number of rotatable bonds is 6. The minimum Gasteiger partial charge on any atom is -0.508 e. The average Bonchev–Trinajstić information content (AvgIpc) is 2.57. The number of aryl methyl sites for hydroxylation is 1. The first-order valence-electron chi connectivity index (χ1n) is 7.64. The normalized spacial score (nSPS) is 11.3. The van der Waals surface area contributed by atoms with Gasteiger partial charge in [0, 0.05) is 25.2 Å². The number of nitrogens with one attached hydrogen (secondary N) is 2. The summed E-state index contributed by atoms with van der Waals surface area (Å²) in [5.41, 5.74) is 2.37. The second-order valence-corrected chi connectivity index (χ2v) is 5.69. The maximum absolute atomic E-state index is 9.26. The van der Waals surface area contributed by atoms with Crippen LogP contribution in [0.4, 0.5) is 0 Å². The highest BCUT2D eigenvalue weighted by Crippen LogP contribution is 2.11. The molecule has 5 heteroatoms. The smallest absolute Gasteiger partial charge is 0.191 e. The zero-order chi connectivity index (χ0) is 16.5. The van der Waals surface area contributed by atoms with Gasteiger partial charge in [-0.3, -0.25) is 4.99 Å². The van der Waals surface area contributed by atoms with Gasteiger partial charge in [-0.05, 0) is 48.2 Å². The fourth-order valence-electron chi connectivity index (χ4n) is 2.17. The maximum atomic E-state index is 9.26. The molecule has 0 saturated heterocycles. The summed E-state index contributed by atoms with van der Waals surface area (Å²) in [6.07, 6.45) is 1.95. The average molecular weight is 332 g/mol. The molecule has 0 heterocycles. The molecule has 0 bridgehead atoms. The van der Waals surface area contributed by atoms with Gasteiger partial charge in [0.05, 0.1) is 0 Å². The van der Waals surface area contributed by atoms with Crippen molar-refractivity contribution >= 4 is 17.6 Å². The van der Waals surface area contributed by atoms with E-state index in [2.05, 4.69) is 15.6 Å². The van der Waals surface area contributed by atoms with Gasteiger partial charge in [-0.1, -0.05) is 35.9 Å². The van der Waals surface area contributed by atoms with Crippen LogP contribution < -0.4 is 10.6 Å². The number of guanidine groups is 1. The maximum Gasteiger partial charge on any atom is 0.191 e. The second kappa shape index (κ2) is 9.06. The van der Waals surface area contributed by atoms with E-state index in [-0.39, 0.29) is 0 Å². The molecular weight excluding hydrogens is 310 g/mol. The standard InChI is InChI=1S/C18H22ClN3O/c1-20-18(22-13-15-4-8-16(19)9-5-15)21-12-2-3-14-6-10-17(23)11-7-14/h4-11,23H,2-3,12-13H2,1H3,(H2,20,21,22). The van der Waals surface area contributed by atoms with Gasteiger partial charge in [0.2, 0.25) is 0 Å². The Bertz CT molecular complexity index is 624.